The summed E-state index contributed by atoms with van der Waals surface area (Å²) in [5.74, 6) is 2.35. The van der Waals surface area contributed by atoms with E-state index < -0.39 is 0 Å². The van der Waals surface area contributed by atoms with Crippen LogP contribution >= 0.6 is 15.9 Å². The fourth-order valence-corrected chi connectivity index (χ4v) is 2.80. The van der Waals surface area contributed by atoms with Gasteiger partial charge in [0.25, 0.3) is 0 Å². The number of ether oxygens (including phenoxy) is 2. The Hall–Kier alpha value is -0.740. The molecule has 0 bridgehead atoms. The molecule has 1 aromatic rings. The lowest BCUT2D eigenvalue weighted by Crippen LogP contribution is -2.22. The van der Waals surface area contributed by atoms with Crippen LogP contribution in [0.2, 0.25) is 0 Å². The fourth-order valence-electron chi connectivity index (χ4n) is 2.20. The van der Waals surface area contributed by atoms with Crippen LogP contribution in [-0.4, -0.2) is 19.8 Å². The van der Waals surface area contributed by atoms with Crippen molar-refractivity contribution >= 4 is 15.9 Å². The quantitative estimate of drug-likeness (QED) is 0.808. The van der Waals surface area contributed by atoms with Gasteiger partial charge in [-0.15, -0.1) is 0 Å². The first-order chi connectivity index (χ1) is 9.60. The van der Waals surface area contributed by atoms with Crippen LogP contribution in [-0.2, 0) is 6.54 Å². The van der Waals surface area contributed by atoms with Gasteiger partial charge in [-0.3, -0.25) is 0 Å². The minimum absolute atomic E-state index is 0.467. The highest BCUT2D eigenvalue weighted by Crippen LogP contribution is 2.38. The van der Waals surface area contributed by atoms with Crippen molar-refractivity contribution in [1.82, 2.24) is 5.32 Å². The molecule has 1 aliphatic rings. The predicted molar refractivity (Wildman–Crippen MR) is 85.5 cm³/mol. The number of hydrogen-bond donors (Lipinski definition) is 1. The third-order valence-electron chi connectivity index (χ3n) is 3.69. The molecule has 0 spiro atoms. The second kappa shape index (κ2) is 7.32. The van der Waals surface area contributed by atoms with E-state index in [1.165, 1.54) is 24.8 Å². The maximum Gasteiger partial charge on any atom is 0.175 e. The van der Waals surface area contributed by atoms with Gasteiger partial charge in [-0.2, -0.15) is 0 Å². The predicted octanol–water partition coefficient (Wildman–Crippen LogP) is 4.13. The molecule has 1 aliphatic carbocycles. The zero-order chi connectivity index (χ0) is 14.5. The average Bonchev–Trinajstić information content (AvgIpc) is 2.36. The molecular weight excluding hydrogens is 318 g/mol. The van der Waals surface area contributed by atoms with E-state index in [1.807, 2.05) is 0 Å². The Morgan fingerprint density at radius 2 is 2.10 bits per heavy atom. The molecule has 112 valence electrons. The lowest BCUT2D eigenvalue weighted by atomic mass is 9.86. The van der Waals surface area contributed by atoms with Crippen molar-refractivity contribution in [2.75, 3.05) is 13.7 Å². The molecule has 0 saturated heterocycles. The Morgan fingerprint density at radius 3 is 2.65 bits per heavy atom. The molecule has 0 aliphatic heterocycles. The van der Waals surface area contributed by atoms with Gasteiger partial charge < -0.3 is 14.8 Å². The summed E-state index contributed by atoms with van der Waals surface area (Å²) in [7, 11) is 1.69. The SMILES string of the molecule is COc1cc(CNC(C)C)cc(Br)c1OCC1CCC1. The normalized spacial score (nSPS) is 15.2. The highest BCUT2D eigenvalue weighted by Gasteiger charge is 2.20. The number of methoxy groups -OCH3 is 1. The van der Waals surface area contributed by atoms with Gasteiger partial charge in [0.2, 0.25) is 0 Å². The Balaban J connectivity index is 2.05. The number of hydrogen-bond acceptors (Lipinski definition) is 3. The smallest absolute Gasteiger partial charge is 0.175 e. The molecule has 1 aromatic carbocycles. The van der Waals surface area contributed by atoms with E-state index in [0.717, 1.165) is 29.1 Å². The van der Waals surface area contributed by atoms with Gasteiger partial charge in [-0.1, -0.05) is 20.3 Å². The average molecular weight is 342 g/mol. The van der Waals surface area contributed by atoms with E-state index in [-0.39, 0.29) is 0 Å². The first-order valence-electron chi connectivity index (χ1n) is 7.32. The van der Waals surface area contributed by atoms with Crippen LogP contribution in [0.4, 0.5) is 0 Å². The second-order valence-corrected chi connectivity index (χ2v) is 6.61. The monoisotopic (exact) mass is 341 g/mol. The highest BCUT2D eigenvalue weighted by molar-refractivity contribution is 9.10. The van der Waals surface area contributed by atoms with Crippen molar-refractivity contribution < 1.29 is 9.47 Å². The van der Waals surface area contributed by atoms with Crippen LogP contribution in [0.15, 0.2) is 16.6 Å². The van der Waals surface area contributed by atoms with Crippen LogP contribution in [0.3, 0.4) is 0 Å². The van der Waals surface area contributed by atoms with Crippen molar-refractivity contribution in [2.45, 2.75) is 45.7 Å². The minimum Gasteiger partial charge on any atom is -0.493 e. The maximum absolute atomic E-state index is 5.95. The molecule has 4 heteroatoms. The van der Waals surface area contributed by atoms with Crippen molar-refractivity contribution in [3.63, 3.8) is 0 Å². The van der Waals surface area contributed by atoms with E-state index in [1.54, 1.807) is 7.11 Å². The van der Waals surface area contributed by atoms with Crippen LogP contribution in [0.25, 0.3) is 0 Å². The lowest BCUT2D eigenvalue weighted by molar-refractivity contribution is 0.175. The minimum atomic E-state index is 0.467. The summed E-state index contributed by atoms with van der Waals surface area (Å²) in [5.41, 5.74) is 1.19. The van der Waals surface area contributed by atoms with E-state index in [0.29, 0.717) is 12.0 Å². The molecule has 1 fully saturated rings. The Labute approximate surface area is 130 Å². The van der Waals surface area contributed by atoms with Crippen LogP contribution in [0.5, 0.6) is 11.5 Å². The van der Waals surface area contributed by atoms with Gasteiger partial charge in [-0.25, -0.2) is 0 Å². The largest absolute Gasteiger partial charge is 0.493 e. The number of halogens is 1. The Morgan fingerprint density at radius 1 is 1.35 bits per heavy atom. The number of benzene rings is 1. The first-order valence-corrected chi connectivity index (χ1v) is 8.12. The Kier molecular flexibility index (Phi) is 5.73. The summed E-state index contributed by atoms with van der Waals surface area (Å²) in [5, 5.41) is 3.41. The fraction of sp³-hybridized carbons (Fsp3) is 0.625. The molecule has 0 aromatic heterocycles. The topological polar surface area (TPSA) is 30.5 Å². The van der Waals surface area contributed by atoms with E-state index in [4.69, 9.17) is 9.47 Å². The third-order valence-corrected chi connectivity index (χ3v) is 4.28. The summed E-state index contributed by atoms with van der Waals surface area (Å²) in [6.45, 7) is 5.90. The van der Waals surface area contributed by atoms with Crippen molar-refractivity contribution in [3.8, 4) is 11.5 Å². The molecule has 1 N–H and O–H groups in total. The van der Waals surface area contributed by atoms with E-state index in [2.05, 4.69) is 47.2 Å². The molecular formula is C16H24BrNO2. The van der Waals surface area contributed by atoms with Gasteiger partial charge in [-0.05, 0) is 52.4 Å². The summed E-state index contributed by atoms with van der Waals surface area (Å²) in [6.07, 6.45) is 3.92. The molecule has 0 amide bonds. The lowest BCUT2D eigenvalue weighted by Gasteiger charge is -2.26. The highest BCUT2D eigenvalue weighted by atomic mass is 79.9. The molecule has 2 rings (SSSR count). The first kappa shape index (κ1) is 15.6. The molecule has 0 heterocycles. The number of nitrogens with one attached hydrogen (secondary N) is 1. The van der Waals surface area contributed by atoms with Gasteiger partial charge in [0, 0.05) is 12.6 Å². The van der Waals surface area contributed by atoms with Gasteiger partial charge in [0.1, 0.15) is 0 Å². The summed E-state index contributed by atoms with van der Waals surface area (Å²) >= 11 is 3.60. The molecule has 0 atom stereocenters. The summed E-state index contributed by atoms with van der Waals surface area (Å²) in [6, 6.07) is 4.62. The van der Waals surface area contributed by atoms with E-state index >= 15 is 0 Å². The van der Waals surface area contributed by atoms with Crippen molar-refractivity contribution in [2.24, 2.45) is 5.92 Å². The molecule has 0 radical (unpaired) electrons. The van der Waals surface area contributed by atoms with Crippen LogP contribution in [0, 0.1) is 5.92 Å². The second-order valence-electron chi connectivity index (χ2n) is 5.75. The molecule has 3 nitrogen and oxygen atoms in total. The van der Waals surface area contributed by atoms with Gasteiger partial charge >= 0.3 is 0 Å². The van der Waals surface area contributed by atoms with Crippen LogP contribution < -0.4 is 14.8 Å². The molecule has 0 unspecified atom stereocenters. The van der Waals surface area contributed by atoms with Gasteiger partial charge in [0.05, 0.1) is 18.2 Å². The molecule has 20 heavy (non-hydrogen) atoms. The van der Waals surface area contributed by atoms with Crippen LogP contribution in [0.1, 0.15) is 38.7 Å². The molecule has 1 saturated carbocycles. The van der Waals surface area contributed by atoms with E-state index in [9.17, 15) is 0 Å². The van der Waals surface area contributed by atoms with Crippen molar-refractivity contribution in [3.05, 3.63) is 22.2 Å². The zero-order valence-electron chi connectivity index (χ0n) is 12.5. The summed E-state index contributed by atoms with van der Waals surface area (Å²) < 4.78 is 12.4. The Bertz CT molecular complexity index is 444. The number of rotatable bonds is 7. The zero-order valence-corrected chi connectivity index (χ0v) is 14.1. The summed E-state index contributed by atoms with van der Waals surface area (Å²) in [4.78, 5) is 0. The standard InChI is InChI=1S/C16H24BrNO2/c1-11(2)18-9-13-7-14(17)16(15(8-13)19-3)20-10-12-5-4-6-12/h7-8,11-12,18H,4-6,9-10H2,1-3H3. The third kappa shape index (κ3) is 4.13. The van der Waals surface area contributed by atoms with Crippen molar-refractivity contribution in [1.29, 1.82) is 0 Å². The van der Waals surface area contributed by atoms with Gasteiger partial charge in [0.15, 0.2) is 11.5 Å². The maximum atomic E-state index is 5.95.